The van der Waals surface area contributed by atoms with Gasteiger partial charge in [0.1, 0.15) is 0 Å². The molecule has 5 heteroatoms. The summed E-state index contributed by atoms with van der Waals surface area (Å²) in [5, 5.41) is 21.1. The predicted octanol–water partition coefficient (Wildman–Crippen LogP) is 3.31. The maximum absolute atomic E-state index is 12.9. The first-order valence-corrected chi connectivity index (χ1v) is 10.4. The largest absolute Gasteiger partial charge is 0.392 e. The number of hydrogen-bond donors (Lipinski definition) is 2. The lowest BCUT2D eigenvalue weighted by Crippen LogP contribution is -2.55. The second-order valence-electron chi connectivity index (χ2n) is 8.18. The van der Waals surface area contributed by atoms with E-state index in [1.54, 1.807) is 0 Å². The molecule has 27 heavy (non-hydrogen) atoms. The molecule has 0 bridgehead atoms. The predicted molar refractivity (Wildman–Crippen MR) is 104 cm³/mol. The third-order valence-electron chi connectivity index (χ3n) is 6.56. The molecule has 1 aromatic rings. The smallest absolute Gasteiger partial charge is 0.0895 e. The Bertz CT molecular complexity index is 638. The van der Waals surface area contributed by atoms with Crippen LogP contribution in [0.15, 0.2) is 12.1 Å². The van der Waals surface area contributed by atoms with Crippen LogP contribution in [0.5, 0.6) is 0 Å². The molecular weight excluding hydrogens is 345 g/mol. The fourth-order valence-electron chi connectivity index (χ4n) is 4.96. The Labute approximate surface area is 162 Å². The summed E-state index contributed by atoms with van der Waals surface area (Å²) in [6, 6.07) is 4.49. The first-order valence-electron chi connectivity index (χ1n) is 10.4. The molecule has 2 aliphatic rings. The minimum Gasteiger partial charge on any atom is -0.392 e. The highest BCUT2D eigenvalue weighted by atomic mass is 19.1. The van der Waals surface area contributed by atoms with Gasteiger partial charge in [0.15, 0.2) is 0 Å². The second-order valence-corrected chi connectivity index (χ2v) is 8.18. The number of aliphatic hydroxyl groups is 2. The summed E-state index contributed by atoms with van der Waals surface area (Å²) in [4.78, 5) is 2.49. The first-order chi connectivity index (χ1) is 13.0. The van der Waals surface area contributed by atoms with E-state index in [0.29, 0.717) is 32.5 Å². The molecule has 1 aromatic carbocycles. The third kappa shape index (κ3) is 4.37. The molecule has 1 saturated heterocycles. The van der Waals surface area contributed by atoms with E-state index in [2.05, 4.69) is 17.0 Å². The average molecular weight is 380 g/mol. The number of alkyl halides is 1. The molecular formula is C22H34FNO3. The molecule has 2 heterocycles. The van der Waals surface area contributed by atoms with Crippen LogP contribution in [-0.2, 0) is 17.8 Å². The van der Waals surface area contributed by atoms with Gasteiger partial charge in [-0.15, -0.1) is 0 Å². The van der Waals surface area contributed by atoms with Crippen LogP contribution < -0.4 is 0 Å². The Morgan fingerprint density at radius 3 is 2.89 bits per heavy atom. The van der Waals surface area contributed by atoms with Crippen molar-refractivity contribution in [1.82, 2.24) is 4.90 Å². The normalized spacial score (nSPS) is 28.0. The molecule has 0 unspecified atom stereocenters. The maximum atomic E-state index is 12.9. The number of nitrogens with zero attached hydrogens (tertiary/aromatic N) is 1. The zero-order valence-electron chi connectivity index (χ0n) is 16.7. The second kappa shape index (κ2) is 8.99. The SMILES string of the molecule is CCOCC[C@@H]1CN2CCc3cc(CO)c(C)cc3[C@H]2C[C@]1(O)CCC[19F]. The molecule has 0 aromatic heterocycles. The third-order valence-corrected chi connectivity index (χ3v) is 6.56. The Morgan fingerprint density at radius 2 is 2.19 bits per heavy atom. The zero-order valence-corrected chi connectivity index (χ0v) is 16.7. The zero-order chi connectivity index (χ0) is 19.4. The lowest BCUT2D eigenvalue weighted by atomic mass is 9.70. The molecule has 2 aliphatic heterocycles. The highest BCUT2D eigenvalue weighted by Crippen LogP contribution is 2.46. The van der Waals surface area contributed by atoms with Crippen LogP contribution in [0.3, 0.4) is 0 Å². The van der Waals surface area contributed by atoms with Crippen LogP contribution in [0, 0.1) is 12.8 Å². The minimum atomic E-state index is -0.845. The van der Waals surface area contributed by atoms with Crippen molar-refractivity contribution in [2.75, 3.05) is 33.0 Å². The van der Waals surface area contributed by atoms with Crippen molar-refractivity contribution in [3.63, 3.8) is 0 Å². The fraction of sp³-hybridized carbons (Fsp3) is 0.727. The van der Waals surface area contributed by atoms with Gasteiger partial charge < -0.3 is 14.9 Å². The van der Waals surface area contributed by atoms with Crippen LogP contribution >= 0.6 is 0 Å². The molecule has 0 aliphatic carbocycles. The average Bonchev–Trinajstić information content (AvgIpc) is 2.67. The van der Waals surface area contributed by atoms with Crippen molar-refractivity contribution in [2.45, 2.75) is 64.2 Å². The Morgan fingerprint density at radius 1 is 1.37 bits per heavy atom. The lowest BCUT2D eigenvalue weighted by molar-refractivity contribution is -0.111. The van der Waals surface area contributed by atoms with E-state index in [-0.39, 0.29) is 25.2 Å². The van der Waals surface area contributed by atoms with E-state index in [1.807, 2.05) is 13.8 Å². The number of fused-ring (bicyclic) bond motifs is 3. The number of piperidine rings is 1. The highest BCUT2D eigenvalue weighted by Gasteiger charge is 2.46. The van der Waals surface area contributed by atoms with E-state index in [1.165, 1.54) is 11.1 Å². The van der Waals surface area contributed by atoms with Gasteiger partial charge in [-0.1, -0.05) is 12.1 Å². The summed E-state index contributed by atoms with van der Waals surface area (Å²) in [5.41, 5.74) is 3.80. The van der Waals surface area contributed by atoms with Crippen LogP contribution in [0.1, 0.15) is 60.9 Å². The molecule has 2 N–H and O–H groups in total. The van der Waals surface area contributed by atoms with Crippen LogP contribution in [0.4, 0.5) is 4.39 Å². The van der Waals surface area contributed by atoms with Crippen molar-refractivity contribution in [2.24, 2.45) is 5.92 Å². The standard InChI is InChI=1S/C22H34FNO3/c1-3-27-10-6-19-14-24-9-5-17-12-18(15-25)16(2)11-20(17)21(24)13-22(19,26)7-4-8-23/h11-12,19,21,25-26H,3-10,13-15H2,1-2H3/t19-,21-,22-/m1/s1/i23+0. The van der Waals surface area contributed by atoms with Gasteiger partial charge in [0.2, 0.25) is 0 Å². The molecule has 3 rings (SSSR count). The van der Waals surface area contributed by atoms with E-state index in [9.17, 15) is 14.6 Å². The number of ether oxygens (including phenoxy) is 1. The number of halogens is 1. The Balaban J connectivity index is 1.86. The number of hydrogen-bond acceptors (Lipinski definition) is 4. The maximum Gasteiger partial charge on any atom is 0.0895 e. The van der Waals surface area contributed by atoms with E-state index >= 15 is 0 Å². The molecule has 0 saturated carbocycles. The molecule has 0 spiro atoms. The van der Waals surface area contributed by atoms with E-state index in [4.69, 9.17) is 4.74 Å². The van der Waals surface area contributed by atoms with Crippen molar-refractivity contribution < 1.29 is 19.3 Å². The summed E-state index contributed by atoms with van der Waals surface area (Å²) in [6.45, 7) is 6.83. The lowest BCUT2D eigenvalue weighted by Gasteiger charge is -2.51. The topological polar surface area (TPSA) is 52.9 Å². The molecule has 0 amide bonds. The van der Waals surface area contributed by atoms with Crippen LogP contribution in [0.2, 0.25) is 0 Å². The number of aliphatic hydroxyl groups excluding tert-OH is 1. The minimum absolute atomic E-state index is 0.0629. The van der Waals surface area contributed by atoms with Crippen LogP contribution in [-0.4, -0.2) is 53.7 Å². The van der Waals surface area contributed by atoms with Crippen molar-refractivity contribution in [3.05, 3.63) is 34.4 Å². The molecule has 4 nitrogen and oxygen atoms in total. The van der Waals surface area contributed by atoms with Gasteiger partial charge in [-0.2, -0.15) is 0 Å². The van der Waals surface area contributed by atoms with Gasteiger partial charge in [0.25, 0.3) is 0 Å². The van der Waals surface area contributed by atoms with E-state index < -0.39 is 5.60 Å². The monoisotopic (exact) mass is 379 g/mol. The van der Waals surface area contributed by atoms with Gasteiger partial charge in [0, 0.05) is 38.3 Å². The summed E-state index contributed by atoms with van der Waals surface area (Å²) in [5.74, 6) is 0.117. The van der Waals surface area contributed by atoms with E-state index in [0.717, 1.165) is 37.1 Å². The molecule has 1 fully saturated rings. The number of rotatable bonds is 8. The Kier molecular flexibility index (Phi) is 6.90. The molecule has 3 atom stereocenters. The van der Waals surface area contributed by atoms with Gasteiger partial charge >= 0.3 is 0 Å². The first kappa shape index (κ1) is 20.7. The van der Waals surface area contributed by atoms with Gasteiger partial charge in [-0.05, 0) is 68.2 Å². The summed E-state index contributed by atoms with van der Waals surface area (Å²) < 4.78 is 18.4. The molecule has 152 valence electrons. The quantitative estimate of drug-likeness (QED) is 0.681. The number of benzene rings is 1. The molecule has 0 radical (unpaired) electrons. The van der Waals surface area contributed by atoms with Gasteiger partial charge in [-0.25, -0.2) is 0 Å². The van der Waals surface area contributed by atoms with Gasteiger partial charge in [-0.3, -0.25) is 9.29 Å². The summed E-state index contributed by atoms with van der Waals surface area (Å²) >= 11 is 0. The van der Waals surface area contributed by atoms with Crippen molar-refractivity contribution in [1.29, 1.82) is 0 Å². The number of aryl methyl sites for hydroxylation is 1. The van der Waals surface area contributed by atoms with Crippen LogP contribution in [0.25, 0.3) is 0 Å². The summed E-state index contributed by atoms with van der Waals surface area (Å²) in [6.07, 6.45) is 3.35. The Hall–Kier alpha value is -1.01. The van der Waals surface area contributed by atoms with Crippen molar-refractivity contribution >= 4 is 0 Å². The fourth-order valence-corrected chi connectivity index (χ4v) is 4.96. The summed E-state index contributed by atoms with van der Waals surface area (Å²) in [7, 11) is 0. The van der Waals surface area contributed by atoms with Gasteiger partial charge in [0.05, 0.1) is 18.9 Å². The van der Waals surface area contributed by atoms with Crippen molar-refractivity contribution in [3.8, 4) is 0 Å². The highest BCUT2D eigenvalue weighted by molar-refractivity contribution is 5.41.